The smallest absolute Gasteiger partial charge is 0.262 e. The first kappa shape index (κ1) is 18.7. The molecular formula is C17H17N5O4S. The van der Waals surface area contributed by atoms with E-state index in [1.165, 1.54) is 12.1 Å². The van der Waals surface area contributed by atoms with Gasteiger partial charge in [0.25, 0.3) is 5.91 Å². The third-order valence-electron chi connectivity index (χ3n) is 3.98. The first-order valence-electron chi connectivity index (χ1n) is 8.10. The molecular weight excluding hydrogens is 370 g/mol. The molecule has 0 spiro atoms. The van der Waals surface area contributed by atoms with Gasteiger partial charge in [-0.1, -0.05) is 31.2 Å². The van der Waals surface area contributed by atoms with E-state index in [0.717, 1.165) is 0 Å². The van der Waals surface area contributed by atoms with Crippen LogP contribution in [0.15, 0.2) is 67.5 Å². The Hall–Kier alpha value is -3.11. The number of nitrogens with zero attached hydrogens (tertiary/aromatic N) is 2. The molecule has 1 aliphatic heterocycles. The molecule has 0 saturated heterocycles. The van der Waals surface area contributed by atoms with Gasteiger partial charge in [0.2, 0.25) is 21.7 Å². The Morgan fingerprint density at radius 2 is 1.89 bits per heavy atom. The van der Waals surface area contributed by atoms with Crippen LogP contribution >= 0.6 is 0 Å². The summed E-state index contributed by atoms with van der Waals surface area (Å²) < 4.78 is 26.4. The molecule has 0 fully saturated rings. The normalized spacial score (nSPS) is 16.1. The van der Waals surface area contributed by atoms with E-state index >= 15 is 0 Å². The molecule has 0 atom stereocenters. The number of rotatable bonds is 4. The number of amides is 2. The number of nitrogens with one attached hydrogen (secondary N) is 2. The van der Waals surface area contributed by atoms with Crippen molar-refractivity contribution >= 4 is 33.3 Å². The van der Waals surface area contributed by atoms with Crippen LogP contribution in [0.4, 0.5) is 0 Å². The number of hydrogen-bond donors (Lipinski definition) is 3. The maximum Gasteiger partial charge on any atom is 0.262 e. The van der Waals surface area contributed by atoms with Gasteiger partial charge in [-0.25, -0.2) is 24.2 Å². The summed E-state index contributed by atoms with van der Waals surface area (Å²) in [6, 6.07) is 7.69. The average Bonchev–Trinajstić information content (AvgIpc) is 3.09. The van der Waals surface area contributed by atoms with E-state index in [-0.39, 0.29) is 51.5 Å². The summed E-state index contributed by atoms with van der Waals surface area (Å²) in [5.74, 6) is 4.17. The molecule has 0 unspecified atom stereocenters. The van der Waals surface area contributed by atoms with Crippen molar-refractivity contribution in [3.8, 4) is 0 Å². The SMILES string of the molecule is CCC(=O)NC1=NC2=CCC(C(=O)NN)=C(S(=O)(=O)c3ccccc3)C2=N1. The zero-order valence-corrected chi connectivity index (χ0v) is 15.2. The summed E-state index contributed by atoms with van der Waals surface area (Å²) in [4.78, 5) is 31.8. The number of nitrogens with two attached hydrogens (primary N) is 1. The molecule has 0 saturated carbocycles. The van der Waals surface area contributed by atoms with E-state index < -0.39 is 15.7 Å². The average molecular weight is 387 g/mol. The standard InChI is InChI=1S/C17H17N5O4S/c1-2-13(23)20-17-19-12-9-8-11(16(24)22-18)15(14(12)21-17)27(25,26)10-6-4-3-5-7-10/h3-7,9H,2,8,18H2,1H3,(H,22,24)(H,19,20,23). The van der Waals surface area contributed by atoms with Crippen LogP contribution in [0.25, 0.3) is 0 Å². The summed E-state index contributed by atoms with van der Waals surface area (Å²) in [5, 5.41) is 2.49. The second-order valence-electron chi connectivity index (χ2n) is 5.69. The van der Waals surface area contributed by atoms with Crippen LogP contribution in [0.5, 0.6) is 0 Å². The molecule has 2 aliphatic rings. The summed E-state index contributed by atoms with van der Waals surface area (Å²) in [6.07, 6.45) is 1.80. The number of benzene rings is 1. The van der Waals surface area contributed by atoms with Gasteiger partial charge < -0.3 is 0 Å². The quantitative estimate of drug-likeness (QED) is 0.387. The Labute approximate surface area is 155 Å². The number of hydrogen-bond acceptors (Lipinski definition) is 7. The van der Waals surface area contributed by atoms with Gasteiger partial charge in [-0.05, 0) is 18.6 Å². The molecule has 4 N–H and O–H groups in total. The minimum Gasteiger partial charge on any atom is -0.295 e. The number of fused-ring (bicyclic) bond motifs is 1. The molecule has 9 nitrogen and oxygen atoms in total. The molecule has 1 aliphatic carbocycles. The van der Waals surface area contributed by atoms with Crippen molar-refractivity contribution in [2.24, 2.45) is 15.8 Å². The molecule has 2 amide bonds. The van der Waals surface area contributed by atoms with E-state index in [4.69, 9.17) is 5.84 Å². The number of sulfone groups is 1. The molecule has 10 heteroatoms. The predicted octanol–water partition coefficient (Wildman–Crippen LogP) is 0.329. The van der Waals surface area contributed by atoms with Crippen LogP contribution in [-0.2, 0) is 19.4 Å². The predicted molar refractivity (Wildman–Crippen MR) is 99.0 cm³/mol. The van der Waals surface area contributed by atoms with Crippen molar-refractivity contribution in [1.82, 2.24) is 10.7 Å². The van der Waals surface area contributed by atoms with Crippen LogP contribution in [0.1, 0.15) is 19.8 Å². The largest absolute Gasteiger partial charge is 0.295 e. The maximum atomic E-state index is 13.2. The van der Waals surface area contributed by atoms with E-state index in [1.807, 2.05) is 5.43 Å². The minimum absolute atomic E-state index is 0.00936. The van der Waals surface area contributed by atoms with Gasteiger partial charge in [-0.15, -0.1) is 0 Å². The van der Waals surface area contributed by atoms with Crippen molar-refractivity contribution in [3.63, 3.8) is 0 Å². The highest BCUT2D eigenvalue weighted by Gasteiger charge is 2.37. The maximum absolute atomic E-state index is 13.2. The van der Waals surface area contributed by atoms with Gasteiger partial charge in [0, 0.05) is 12.0 Å². The van der Waals surface area contributed by atoms with Crippen molar-refractivity contribution in [3.05, 3.63) is 52.6 Å². The lowest BCUT2D eigenvalue weighted by Gasteiger charge is -2.18. The summed E-state index contributed by atoms with van der Waals surface area (Å²) in [6.45, 7) is 1.67. The van der Waals surface area contributed by atoms with Gasteiger partial charge in [-0.3, -0.25) is 20.3 Å². The van der Waals surface area contributed by atoms with Crippen LogP contribution < -0.4 is 16.6 Å². The zero-order chi connectivity index (χ0) is 19.6. The van der Waals surface area contributed by atoms with E-state index in [2.05, 4.69) is 15.3 Å². The van der Waals surface area contributed by atoms with Crippen LogP contribution in [0.3, 0.4) is 0 Å². The van der Waals surface area contributed by atoms with E-state index in [1.54, 1.807) is 31.2 Å². The summed E-state index contributed by atoms with van der Waals surface area (Å²) in [7, 11) is -4.07. The van der Waals surface area contributed by atoms with Gasteiger partial charge >= 0.3 is 0 Å². The fourth-order valence-corrected chi connectivity index (χ4v) is 4.31. The lowest BCUT2D eigenvalue weighted by Crippen LogP contribution is -2.34. The number of carbonyl (C=O) groups is 2. The Morgan fingerprint density at radius 1 is 1.19 bits per heavy atom. The molecule has 1 aromatic rings. The number of carbonyl (C=O) groups excluding carboxylic acids is 2. The van der Waals surface area contributed by atoms with Crippen molar-refractivity contribution in [1.29, 1.82) is 0 Å². The molecule has 1 aromatic carbocycles. The number of allylic oxidation sites excluding steroid dienone is 2. The van der Waals surface area contributed by atoms with Crippen molar-refractivity contribution < 1.29 is 18.0 Å². The Bertz CT molecular complexity index is 1040. The van der Waals surface area contributed by atoms with Gasteiger partial charge in [0.1, 0.15) is 10.6 Å². The summed E-state index contributed by atoms with van der Waals surface area (Å²) in [5.41, 5.74) is 2.22. The third-order valence-corrected chi connectivity index (χ3v) is 5.85. The van der Waals surface area contributed by atoms with Gasteiger partial charge in [0.05, 0.1) is 10.6 Å². The Balaban J connectivity index is 2.15. The van der Waals surface area contributed by atoms with Crippen LogP contribution in [0.2, 0.25) is 0 Å². The second kappa shape index (κ2) is 7.25. The fraction of sp³-hybridized carbons (Fsp3) is 0.176. The first-order valence-corrected chi connectivity index (χ1v) is 9.59. The van der Waals surface area contributed by atoms with E-state index in [0.29, 0.717) is 0 Å². The van der Waals surface area contributed by atoms with Crippen molar-refractivity contribution in [2.75, 3.05) is 0 Å². The lowest BCUT2D eigenvalue weighted by atomic mass is 10.0. The minimum atomic E-state index is -4.07. The third kappa shape index (κ3) is 3.44. The Kier molecular flexibility index (Phi) is 5.02. The van der Waals surface area contributed by atoms with Crippen LogP contribution in [0, 0.1) is 0 Å². The summed E-state index contributed by atoms with van der Waals surface area (Å²) >= 11 is 0. The molecule has 0 radical (unpaired) electrons. The lowest BCUT2D eigenvalue weighted by molar-refractivity contribution is -0.119. The molecule has 0 aromatic heterocycles. The fourth-order valence-electron chi connectivity index (χ4n) is 2.66. The molecule has 3 rings (SSSR count). The highest BCUT2D eigenvalue weighted by atomic mass is 32.2. The zero-order valence-electron chi connectivity index (χ0n) is 14.4. The number of guanidine groups is 1. The van der Waals surface area contributed by atoms with Crippen LogP contribution in [-0.4, -0.2) is 31.9 Å². The molecule has 27 heavy (non-hydrogen) atoms. The highest BCUT2D eigenvalue weighted by Crippen LogP contribution is 2.33. The first-order chi connectivity index (χ1) is 12.9. The van der Waals surface area contributed by atoms with Crippen molar-refractivity contribution in [2.45, 2.75) is 24.7 Å². The molecule has 140 valence electrons. The number of hydrazine groups is 1. The monoisotopic (exact) mass is 387 g/mol. The van der Waals surface area contributed by atoms with Gasteiger partial charge in [0.15, 0.2) is 0 Å². The number of aliphatic imine (C=N–C) groups is 2. The van der Waals surface area contributed by atoms with E-state index in [9.17, 15) is 18.0 Å². The Morgan fingerprint density at radius 3 is 2.52 bits per heavy atom. The molecule has 1 heterocycles. The highest BCUT2D eigenvalue weighted by molar-refractivity contribution is 7.96. The van der Waals surface area contributed by atoms with Gasteiger partial charge in [-0.2, -0.15) is 0 Å². The second-order valence-corrected chi connectivity index (χ2v) is 7.58. The molecule has 0 bridgehead atoms. The topological polar surface area (TPSA) is 143 Å².